The van der Waals surface area contributed by atoms with E-state index < -0.39 is 64.7 Å². The molecule has 3 aromatic rings. The molecule has 10 nitrogen and oxygen atoms in total. The summed E-state index contributed by atoms with van der Waals surface area (Å²) in [4.78, 5) is 0. The number of ether oxygens (including phenoxy) is 2. The predicted octanol–water partition coefficient (Wildman–Crippen LogP) is 4.34. The number of aryl methyl sites for hydroxylation is 1. The number of aliphatic hydroxyl groups is 3. The van der Waals surface area contributed by atoms with Gasteiger partial charge in [0.2, 0.25) is 0 Å². The van der Waals surface area contributed by atoms with E-state index in [-0.39, 0.29) is 17.2 Å². The van der Waals surface area contributed by atoms with E-state index in [4.69, 9.17) is 14.0 Å². The van der Waals surface area contributed by atoms with Gasteiger partial charge in [-0.2, -0.15) is 0 Å². The van der Waals surface area contributed by atoms with Gasteiger partial charge in [0.25, 0.3) is 0 Å². The van der Waals surface area contributed by atoms with Gasteiger partial charge in [-0.3, -0.25) is 0 Å². The van der Waals surface area contributed by atoms with Gasteiger partial charge >= 0.3 is 0 Å². The van der Waals surface area contributed by atoms with Gasteiger partial charge in [-0.1, -0.05) is 29.6 Å². The van der Waals surface area contributed by atoms with E-state index in [9.17, 15) is 28.5 Å². The number of aliphatic hydroxyl groups excluding tert-OH is 2. The van der Waals surface area contributed by atoms with Crippen LogP contribution in [-0.4, -0.2) is 78.5 Å². The Morgan fingerprint density at radius 2 is 1.86 bits per heavy atom. The van der Waals surface area contributed by atoms with Crippen molar-refractivity contribution in [1.29, 1.82) is 0 Å². The summed E-state index contributed by atoms with van der Waals surface area (Å²) in [5.74, 6) is -3.32. The molecule has 0 radical (unpaired) electrons. The van der Waals surface area contributed by atoms with Crippen molar-refractivity contribution in [3.63, 3.8) is 0 Å². The molecule has 234 valence electrons. The summed E-state index contributed by atoms with van der Waals surface area (Å²) < 4.78 is 60.6. The number of halogens is 3. The first kappa shape index (κ1) is 30.5. The number of thioether (sulfide) groups is 1. The van der Waals surface area contributed by atoms with Crippen molar-refractivity contribution in [1.82, 2.24) is 20.2 Å². The highest BCUT2D eigenvalue weighted by Gasteiger charge is 2.52. The lowest BCUT2D eigenvalue weighted by Crippen LogP contribution is -2.56. The SMILES string of the molecule is CO[C@@H]1[C@@H](n2cc(-c3cc(F)c(F)c(F)c3)nn2)[C@@H](O)[C@@H](CO)O[C@H]1SC(c1c(C)noc1C1CC1)C1(O)CCCCC1. The van der Waals surface area contributed by atoms with Crippen molar-refractivity contribution in [3.8, 4) is 11.3 Å². The Balaban J connectivity index is 1.36. The highest BCUT2D eigenvalue weighted by Crippen LogP contribution is 2.55. The molecule has 14 heteroatoms. The Hall–Kier alpha value is -2.49. The fraction of sp³-hybridized carbons (Fsp3) is 0.621. The normalized spacial score (nSPS) is 28.2. The van der Waals surface area contributed by atoms with Crippen molar-refractivity contribution in [2.45, 2.75) is 98.4 Å². The zero-order valence-electron chi connectivity index (χ0n) is 23.8. The lowest BCUT2D eigenvalue weighted by Gasteiger charge is -2.46. The molecule has 0 amide bonds. The molecule has 6 atom stereocenters. The van der Waals surface area contributed by atoms with Gasteiger partial charge in [0, 0.05) is 24.2 Å². The molecule has 3 N–H and O–H groups in total. The van der Waals surface area contributed by atoms with Crippen LogP contribution in [0.25, 0.3) is 11.3 Å². The van der Waals surface area contributed by atoms with E-state index in [2.05, 4.69) is 15.5 Å². The quantitative estimate of drug-likeness (QED) is 0.295. The molecule has 1 aromatic carbocycles. The summed E-state index contributed by atoms with van der Waals surface area (Å²) in [5, 5.41) is 45.4. The predicted molar refractivity (Wildman–Crippen MR) is 149 cm³/mol. The number of hydrogen-bond donors (Lipinski definition) is 3. The molecule has 1 saturated heterocycles. The molecule has 3 fully saturated rings. The van der Waals surface area contributed by atoms with Gasteiger partial charge in [-0.05, 0) is 44.7 Å². The molecule has 1 aliphatic heterocycles. The first-order valence-corrected chi connectivity index (χ1v) is 15.5. The first-order chi connectivity index (χ1) is 20.6. The second kappa shape index (κ2) is 12.1. The van der Waals surface area contributed by atoms with E-state index in [0.29, 0.717) is 18.5 Å². The largest absolute Gasteiger partial charge is 0.394 e. The molecular formula is C29H35F3N4O6S. The lowest BCUT2D eigenvalue weighted by atomic mass is 9.79. The second-order valence-electron chi connectivity index (χ2n) is 11.7. The highest BCUT2D eigenvalue weighted by atomic mass is 32.2. The minimum absolute atomic E-state index is 0.0414. The Morgan fingerprint density at radius 3 is 2.49 bits per heavy atom. The first-order valence-electron chi connectivity index (χ1n) is 14.5. The van der Waals surface area contributed by atoms with Crippen LogP contribution in [0.5, 0.6) is 0 Å². The average molecular weight is 625 g/mol. The van der Waals surface area contributed by atoms with E-state index in [1.807, 2.05) is 6.92 Å². The Morgan fingerprint density at radius 1 is 1.16 bits per heavy atom. The fourth-order valence-electron chi connectivity index (χ4n) is 6.36. The van der Waals surface area contributed by atoms with Crippen LogP contribution < -0.4 is 0 Å². The van der Waals surface area contributed by atoms with Gasteiger partial charge in [-0.15, -0.1) is 16.9 Å². The van der Waals surface area contributed by atoms with Crippen LogP contribution in [0.4, 0.5) is 13.2 Å². The summed E-state index contributed by atoms with van der Waals surface area (Å²) in [5.41, 5.74) is -0.346. The minimum atomic E-state index is -1.59. The highest BCUT2D eigenvalue weighted by molar-refractivity contribution is 8.00. The Labute approximate surface area is 250 Å². The Kier molecular flexibility index (Phi) is 8.61. The van der Waals surface area contributed by atoms with E-state index in [1.165, 1.54) is 29.8 Å². The van der Waals surface area contributed by atoms with Gasteiger partial charge in [0.15, 0.2) is 17.5 Å². The average Bonchev–Trinajstić information content (AvgIpc) is 3.60. The number of rotatable bonds is 9. The van der Waals surface area contributed by atoms with Crippen LogP contribution in [0, 0.1) is 24.4 Å². The summed E-state index contributed by atoms with van der Waals surface area (Å²) in [6.07, 6.45) is 4.03. The molecule has 0 spiro atoms. The van der Waals surface area contributed by atoms with Gasteiger partial charge in [0.1, 0.15) is 41.2 Å². The van der Waals surface area contributed by atoms with Gasteiger partial charge in [-0.25, -0.2) is 17.9 Å². The third kappa shape index (κ3) is 5.73. The monoisotopic (exact) mass is 624 g/mol. The summed E-state index contributed by atoms with van der Waals surface area (Å²) in [6, 6.07) is 0.673. The van der Waals surface area contributed by atoms with Crippen molar-refractivity contribution < 1.29 is 42.5 Å². The Bertz CT molecular complexity index is 1420. The molecule has 43 heavy (non-hydrogen) atoms. The van der Waals surface area contributed by atoms with Crippen LogP contribution in [0.15, 0.2) is 22.9 Å². The van der Waals surface area contributed by atoms with Crippen molar-refractivity contribution in [2.75, 3.05) is 13.7 Å². The molecule has 3 heterocycles. The van der Waals surface area contributed by atoms with Crippen molar-refractivity contribution >= 4 is 11.8 Å². The van der Waals surface area contributed by atoms with Crippen molar-refractivity contribution in [2.24, 2.45) is 0 Å². The van der Waals surface area contributed by atoms with Crippen LogP contribution >= 0.6 is 11.8 Å². The van der Waals surface area contributed by atoms with Crippen LogP contribution in [0.2, 0.25) is 0 Å². The van der Waals surface area contributed by atoms with Crippen LogP contribution in [-0.2, 0) is 9.47 Å². The summed E-state index contributed by atoms with van der Waals surface area (Å²) in [7, 11) is 1.45. The molecule has 2 aliphatic carbocycles. The molecular weight excluding hydrogens is 589 g/mol. The second-order valence-corrected chi connectivity index (χ2v) is 13.0. The maximum absolute atomic E-state index is 13.9. The maximum Gasteiger partial charge on any atom is 0.194 e. The maximum atomic E-state index is 13.9. The van der Waals surface area contributed by atoms with E-state index in [1.54, 1.807) is 0 Å². The molecule has 2 saturated carbocycles. The van der Waals surface area contributed by atoms with Gasteiger partial charge < -0.3 is 29.3 Å². The number of benzene rings is 1. The van der Waals surface area contributed by atoms with Gasteiger partial charge in [0.05, 0.1) is 29.3 Å². The molecule has 6 rings (SSSR count). The smallest absolute Gasteiger partial charge is 0.194 e. The topological polar surface area (TPSA) is 136 Å². The zero-order chi connectivity index (χ0) is 30.5. The van der Waals surface area contributed by atoms with Crippen LogP contribution in [0.1, 0.15) is 79.2 Å². The molecule has 1 unspecified atom stereocenters. The standard InChI is InChI=1S/C29H35F3N4O6S/c1-14-21(25(42-34-14)15-6-7-15)27(29(39)8-4-3-5-9-29)43-28-26(40-2)23(24(38)20(13-37)41-28)36-12-19(33-35-36)16-10-17(30)22(32)18(31)11-16/h10-12,15,20,23-24,26-28,37-39H,3-9,13H2,1-2H3/t20-,23+,24+,26-,27?,28+/m1/s1. The number of aromatic nitrogens is 4. The summed E-state index contributed by atoms with van der Waals surface area (Å²) >= 11 is 1.34. The minimum Gasteiger partial charge on any atom is -0.394 e. The molecule has 0 bridgehead atoms. The third-order valence-corrected chi connectivity index (χ3v) is 10.4. The van der Waals surface area contributed by atoms with Crippen LogP contribution in [0.3, 0.4) is 0 Å². The third-order valence-electron chi connectivity index (χ3n) is 8.82. The molecule has 3 aliphatic rings. The number of methoxy groups -OCH3 is 1. The van der Waals surface area contributed by atoms with Crippen molar-refractivity contribution in [3.05, 3.63) is 52.8 Å². The fourth-order valence-corrected chi connectivity index (χ4v) is 8.17. The lowest BCUT2D eigenvalue weighted by molar-refractivity contribution is -0.186. The zero-order valence-corrected chi connectivity index (χ0v) is 24.6. The number of nitrogens with zero attached hydrogens (tertiary/aromatic N) is 4. The molecule has 2 aromatic heterocycles. The van der Waals surface area contributed by atoms with E-state index >= 15 is 0 Å². The number of hydrogen-bond acceptors (Lipinski definition) is 10. The van der Waals surface area contributed by atoms with E-state index in [0.717, 1.165) is 55.6 Å². The summed E-state index contributed by atoms with van der Waals surface area (Å²) in [6.45, 7) is 1.34.